The quantitative estimate of drug-likeness (QED) is 0.651. The number of nitrogens with one attached hydrogen (secondary N) is 1. The van der Waals surface area contributed by atoms with Crippen molar-refractivity contribution in [3.05, 3.63) is 54.6 Å². The normalized spacial score (nSPS) is 19.6. The van der Waals surface area contributed by atoms with Gasteiger partial charge in [0.05, 0.1) is 22.2 Å². The second-order valence-electron chi connectivity index (χ2n) is 8.48. The van der Waals surface area contributed by atoms with Crippen LogP contribution in [0.5, 0.6) is 0 Å². The molecule has 0 aromatic heterocycles. The fraction of sp³-hybridized carbons (Fsp3) is 0.375. The Hall–Kier alpha value is -3.24. The predicted molar refractivity (Wildman–Crippen MR) is 126 cm³/mol. The van der Waals surface area contributed by atoms with Crippen molar-refractivity contribution in [2.75, 3.05) is 29.9 Å². The number of benzene rings is 2. The van der Waals surface area contributed by atoms with Gasteiger partial charge < -0.3 is 15.0 Å². The fourth-order valence-electron chi connectivity index (χ4n) is 4.36. The van der Waals surface area contributed by atoms with Gasteiger partial charge in [0.25, 0.3) is 5.91 Å². The molecule has 2 aliphatic rings. The Morgan fingerprint density at radius 2 is 1.68 bits per heavy atom. The summed E-state index contributed by atoms with van der Waals surface area (Å²) >= 11 is 0. The molecule has 2 aliphatic heterocycles. The molecule has 4 rings (SSSR count). The number of carbonyl (C=O) groups is 3. The van der Waals surface area contributed by atoms with Crippen LogP contribution in [-0.2, 0) is 29.1 Å². The average Bonchev–Trinajstić information content (AvgIpc) is 2.97. The molecule has 2 aromatic rings. The number of para-hydroxylation sites is 2. The Morgan fingerprint density at radius 3 is 2.38 bits per heavy atom. The van der Waals surface area contributed by atoms with E-state index in [4.69, 9.17) is 4.74 Å². The van der Waals surface area contributed by atoms with E-state index in [0.29, 0.717) is 24.2 Å². The number of nitrogens with zero attached hydrogens (tertiary/aromatic N) is 2. The maximum Gasteiger partial charge on any atom is 0.309 e. The van der Waals surface area contributed by atoms with Gasteiger partial charge in [0.2, 0.25) is 15.9 Å². The van der Waals surface area contributed by atoms with Crippen molar-refractivity contribution in [3.8, 4) is 0 Å². The highest BCUT2D eigenvalue weighted by atomic mass is 32.2. The van der Waals surface area contributed by atoms with Crippen LogP contribution >= 0.6 is 0 Å². The van der Waals surface area contributed by atoms with Gasteiger partial charge in [-0.3, -0.25) is 14.4 Å². The smallest absolute Gasteiger partial charge is 0.309 e. The summed E-state index contributed by atoms with van der Waals surface area (Å²) in [5, 5.41) is 2.79. The first kappa shape index (κ1) is 23.9. The number of piperidine rings is 1. The summed E-state index contributed by atoms with van der Waals surface area (Å²) in [6, 6.07) is 14.8. The molecule has 1 fully saturated rings. The lowest BCUT2D eigenvalue weighted by molar-refractivity contribution is -0.153. The summed E-state index contributed by atoms with van der Waals surface area (Å²) in [5.74, 6) is -1.61. The zero-order valence-electron chi connectivity index (χ0n) is 18.8. The van der Waals surface area contributed by atoms with E-state index in [9.17, 15) is 22.8 Å². The van der Waals surface area contributed by atoms with E-state index in [1.807, 2.05) is 0 Å². The van der Waals surface area contributed by atoms with Crippen LogP contribution in [0.4, 0.5) is 11.4 Å². The van der Waals surface area contributed by atoms with E-state index in [1.165, 1.54) is 9.21 Å². The van der Waals surface area contributed by atoms with Crippen molar-refractivity contribution in [1.29, 1.82) is 0 Å². The number of hydrogen-bond acceptors (Lipinski definition) is 6. The summed E-state index contributed by atoms with van der Waals surface area (Å²) in [6.07, 6.45) is 0.767. The minimum absolute atomic E-state index is 0.128. The van der Waals surface area contributed by atoms with Crippen LogP contribution in [0.1, 0.15) is 26.2 Å². The van der Waals surface area contributed by atoms with E-state index in [0.717, 1.165) is 0 Å². The largest absolute Gasteiger partial charge is 0.455 e. The minimum atomic E-state index is -3.61. The van der Waals surface area contributed by atoms with Crippen LogP contribution in [0, 0.1) is 5.92 Å². The van der Waals surface area contributed by atoms with Crippen LogP contribution in [0.2, 0.25) is 0 Å². The van der Waals surface area contributed by atoms with Crippen molar-refractivity contribution in [3.63, 3.8) is 0 Å². The molecule has 0 radical (unpaired) electrons. The van der Waals surface area contributed by atoms with E-state index in [1.54, 1.807) is 61.5 Å². The number of esters is 1. The van der Waals surface area contributed by atoms with Crippen molar-refractivity contribution in [1.82, 2.24) is 4.31 Å². The van der Waals surface area contributed by atoms with Crippen molar-refractivity contribution >= 4 is 39.2 Å². The molecule has 2 heterocycles. The Bertz CT molecular complexity index is 1180. The molecule has 1 unspecified atom stereocenters. The van der Waals surface area contributed by atoms with Gasteiger partial charge in [0, 0.05) is 25.6 Å². The zero-order valence-corrected chi connectivity index (χ0v) is 19.7. The number of rotatable bonds is 5. The van der Waals surface area contributed by atoms with Crippen LogP contribution in [0.15, 0.2) is 59.5 Å². The van der Waals surface area contributed by atoms with Gasteiger partial charge in [-0.1, -0.05) is 30.3 Å². The summed E-state index contributed by atoms with van der Waals surface area (Å²) < 4.78 is 32.2. The molecule has 0 bridgehead atoms. The maximum absolute atomic E-state index is 13.0. The lowest BCUT2D eigenvalue weighted by Crippen LogP contribution is -2.43. The Morgan fingerprint density at radius 1 is 1.03 bits per heavy atom. The summed E-state index contributed by atoms with van der Waals surface area (Å²) in [7, 11) is -3.61. The molecular formula is C24H27N3O6S. The first-order chi connectivity index (χ1) is 16.3. The maximum atomic E-state index is 13.0. The highest BCUT2D eigenvalue weighted by Crippen LogP contribution is 2.31. The second-order valence-corrected chi connectivity index (χ2v) is 10.4. The topological polar surface area (TPSA) is 113 Å². The lowest BCUT2D eigenvalue weighted by atomic mass is 9.98. The molecule has 2 aromatic carbocycles. The summed E-state index contributed by atoms with van der Waals surface area (Å²) in [4.78, 5) is 39.4. The standard InChI is InChI=1S/C24H27N3O6S/c1-17-15-22(28)25-20-9-5-6-10-21(20)27(17)23(29)16-33-24(30)18-11-13-26(14-12-18)34(31,32)19-7-3-2-4-8-19/h2-10,17-18H,11-16H2,1H3,(H,25,28). The highest BCUT2D eigenvalue weighted by Gasteiger charge is 2.34. The number of ether oxygens (including phenoxy) is 1. The summed E-state index contributed by atoms with van der Waals surface area (Å²) in [6.45, 7) is 1.73. The van der Waals surface area contributed by atoms with E-state index >= 15 is 0 Å². The number of sulfonamides is 1. The van der Waals surface area contributed by atoms with Gasteiger partial charge in [0.15, 0.2) is 6.61 Å². The van der Waals surface area contributed by atoms with Gasteiger partial charge in [-0.05, 0) is 44.0 Å². The van der Waals surface area contributed by atoms with E-state index in [2.05, 4.69) is 5.32 Å². The van der Waals surface area contributed by atoms with Gasteiger partial charge in [-0.25, -0.2) is 8.42 Å². The van der Waals surface area contributed by atoms with Crippen LogP contribution in [0.3, 0.4) is 0 Å². The van der Waals surface area contributed by atoms with Gasteiger partial charge in [0.1, 0.15) is 0 Å². The van der Waals surface area contributed by atoms with Crippen LogP contribution in [-0.4, -0.2) is 56.2 Å². The van der Waals surface area contributed by atoms with Crippen molar-refractivity contribution in [2.24, 2.45) is 5.92 Å². The molecule has 0 saturated carbocycles. The third kappa shape index (κ3) is 4.97. The molecule has 1 saturated heterocycles. The summed E-state index contributed by atoms with van der Waals surface area (Å²) in [5.41, 5.74) is 1.09. The molecule has 180 valence electrons. The van der Waals surface area contributed by atoms with Crippen LogP contribution in [0.25, 0.3) is 0 Å². The number of carbonyl (C=O) groups excluding carboxylic acids is 3. The van der Waals surface area contributed by atoms with E-state index < -0.39 is 40.5 Å². The predicted octanol–water partition coefficient (Wildman–Crippen LogP) is 2.39. The monoisotopic (exact) mass is 485 g/mol. The molecular weight excluding hydrogens is 458 g/mol. The third-order valence-corrected chi connectivity index (χ3v) is 8.05. The van der Waals surface area contributed by atoms with Gasteiger partial charge in [-0.15, -0.1) is 0 Å². The average molecular weight is 486 g/mol. The van der Waals surface area contributed by atoms with Gasteiger partial charge >= 0.3 is 5.97 Å². The Kier molecular flexibility index (Phi) is 6.99. The second kappa shape index (κ2) is 9.94. The number of anilines is 2. The van der Waals surface area contributed by atoms with Crippen LogP contribution < -0.4 is 10.2 Å². The number of hydrogen-bond donors (Lipinski definition) is 1. The first-order valence-corrected chi connectivity index (χ1v) is 12.6. The molecule has 1 N–H and O–H groups in total. The molecule has 9 nitrogen and oxygen atoms in total. The molecule has 0 aliphatic carbocycles. The minimum Gasteiger partial charge on any atom is -0.455 e. The molecule has 2 amide bonds. The van der Waals surface area contributed by atoms with Crippen molar-refractivity contribution < 1.29 is 27.5 Å². The fourth-order valence-corrected chi connectivity index (χ4v) is 5.85. The third-order valence-electron chi connectivity index (χ3n) is 6.13. The molecule has 34 heavy (non-hydrogen) atoms. The Balaban J connectivity index is 1.35. The highest BCUT2D eigenvalue weighted by molar-refractivity contribution is 7.89. The molecule has 1 atom stereocenters. The zero-order chi connectivity index (χ0) is 24.3. The molecule has 10 heteroatoms. The molecule has 0 spiro atoms. The van der Waals surface area contributed by atoms with E-state index in [-0.39, 0.29) is 30.3 Å². The SMILES string of the molecule is CC1CC(=O)Nc2ccccc2N1C(=O)COC(=O)C1CCN(S(=O)(=O)c2ccccc2)CC1. The first-order valence-electron chi connectivity index (χ1n) is 11.2. The van der Waals surface area contributed by atoms with Crippen molar-refractivity contribution in [2.45, 2.75) is 37.1 Å². The number of amides is 2. The lowest BCUT2D eigenvalue weighted by Gasteiger charge is -2.30. The number of fused-ring (bicyclic) bond motifs is 1. The Labute approximate surface area is 198 Å². The van der Waals surface area contributed by atoms with Gasteiger partial charge in [-0.2, -0.15) is 4.31 Å².